The van der Waals surface area contributed by atoms with Gasteiger partial charge in [0.2, 0.25) is 0 Å². The first-order chi connectivity index (χ1) is 7.61. The number of aromatic nitrogens is 2. The van der Waals surface area contributed by atoms with Crippen molar-refractivity contribution in [2.75, 3.05) is 0 Å². The lowest BCUT2D eigenvalue weighted by Crippen LogP contribution is -2.02. The zero-order valence-corrected chi connectivity index (χ0v) is 9.90. The zero-order chi connectivity index (χ0) is 11.7. The highest BCUT2D eigenvalue weighted by molar-refractivity contribution is 5.85. The third-order valence-corrected chi connectivity index (χ3v) is 2.72. The average molecular weight is 216 g/mol. The molecule has 0 amide bonds. The molecule has 0 bridgehead atoms. The third-order valence-electron chi connectivity index (χ3n) is 2.72. The molecule has 1 aromatic heterocycles. The molecule has 2 aromatic rings. The van der Waals surface area contributed by atoms with Gasteiger partial charge in [0.05, 0.1) is 11.0 Å². The number of carbonyl (C=O) groups excluding carboxylic acids is 1. The number of hydrogen-bond acceptors (Lipinski definition) is 2. The Bertz CT molecular complexity index is 526. The highest BCUT2D eigenvalue weighted by atomic mass is 16.1. The van der Waals surface area contributed by atoms with Crippen molar-refractivity contribution < 1.29 is 4.79 Å². The number of aryl methyl sites for hydroxylation is 1. The van der Waals surface area contributed by atoms with Crippen LogP contribution >= 0.6 is 0 Å². The number of carbonyl (C=O) groups is 1. The summed E-state index contributed by atoms with van der Waals surface area (Å²) in [5.41, 5.74) is 2.67. The third kappa shape index (κ3) is 1.85. The maximum atomic E-state index is 10.7. The van der Waals surface area contributed by atoms with Crippen molar-refractivity contribution in [2.24, 2.45) is 13.0 Å². The summed E-state index contributed by atoms with van der Waals surface area (Å²) in [5.74, 6) is 1.66. The molecule has 84 valence electrons. The van der Waals surface area contributed by atoms with Gasteiger partial charge in [0.25, 0.3) is 0 Å². The Balaban J connectivity index is 2.54. The largest absolute Gasteiger partial charge is 0.331 e. The van der Waals surface area contributed by atoms with Gasteiger partial charge in [-0.3, -0.25) is 4.79 Å². The molecule has 0 N–H and O–H groups in total. The molecule has 2 rings (SSSR count). The first-order valence-electron chi connectivity index (χ1n) is 5.52. The minimum Gasteiger partial charge on any atom is -0.331 e. The van der Waals surface area contributed by atoms with Gasteiger partial charge < -0.3 is 4.57 Å². The van der Waals surface area contributed by atoms with E-state index in [0.717, 1.165) is 29.6 Å². The second-order valence-corrected chi connectivity index (χ2v) is 4.55. The number of imidazole rings is 1. The van der Waals surface area contributed by atoms with Crippen LogP contribution in [-0.2, 0) is 13.5 Å². The van der Waals surface area contributed by atoms with E-state index in [9.17, 15) is 4.79 Å². The Hall–Kier alpha value is -1.64. The van der Waals surface area contributed by atoms with Crippen molar-refractivity contribution in [2.45, 2.75) is 20.3 Å². The molecular formula is C13H16N2O. The molecule has 0 aliphatic rings. The molecule has 0 saturated heterocycles. The van der Waals surface area contributed by atoms with E-state index in [1.807, 2.05) is 25.2 Å². The minimum atomic E-state index is 0.584. The van der Waals surface area contributed by atoms with Crippen LogP contribution in [0.5, 0.6) is 0 Å². The topological polar surface area (TPSA) is 34.9 Å². The Morgan fingerprint density at radius 3 is 2.81 bits per heavy atom. The van der Waals surface area contributed by atoms with Crippen molar-refractivity contribution in [3.8, 4) is 0 Å². The van der Waals surface area contributed by atoms with Crippen molar-refractivity contribution >= 4 is 17.3 Å². The number of fused-ring (bicyclic) bond motifs is 1. The van der Waals surface area contributed by atoms with E-state index in [1.54, 1.807) is 0 Å². The fourth-order valence-corrected chi connectivity index (χ4v) is 1.89. The number of rotatable bonds is 3. The molecule has 3 nitrogen and oxygen atoms in total. The molecule has 0 fully saturated rings. The van der Waals surface area contributed by atoms with E-state index in [0.29, 0.717) is 11.5 Å². The fourth-order valence-electron chi connectivity index (χ4n) is 1.89. The Morgan fingerprint density at radius 1 is 1.44 bits per heavy atom. The molecule has 0 radical (unpaired) electrons. The van der Waals surface area contributed by atoms with Crippen LogP contribution in [0.15, 0.2) is 18.2 Å². The first kappa shape index (κ1) is 10.9. The van der Waals surface area contributed by atoms with Crippen molar-refractivity contribution in [3.05, 3.63) is 29.6 Å². The van der Waals surface area contributed by atoms with E-state index >= 15 is 0 Å². The maximum absolute atomic E-state index is 10.7. The summed E-state index contributed by atoms with van der Waals surface area (Å²) in [6.45, 7) is 4.35. The van der Waals surface area contributed by atoms with Gasteiger partial charge in [0, 0.05) is 19.0 Å². The Morgan fingerprint density at radius 2 is 2.19 bits per heavy atom. The number of nitrogens with zero attached hydrogens (tertiary/aromatic N) is 2. The van der Waals surface area contributed by atoms with E-state index in [-0.39, 0.29) is 0 Å². The molecule has 0 atom stereocenters. The Labute approximate surface area is 95.1 Å². The lowest BCUT2D eigenvalue weighted by Gasteiger charge is -2.04. The predicted molar refractivity (Wildman–Crippen MR) is 64.6 cm³/mol. The molecular weight excluding hydrogens is 200 g/mol. The summed E-state index contributed by atoms with van der Waals surface area (Å²) in [5, 5.41) is 0. The van der Waals surface area contributed by atoms with Crippen molar-refractivity contribution in [3.63, 3.8) is 0 Å². The molecule has 1 aromatic carbocycles. The second kappa shape index (κ2) is 4.08. The van der Waals surface area contributed by atoms with Gasteiger partial charge in [-0.1, -0.05) is 13.8 Å². The second-order valence-electron chi connectivity index (χ2n) is 4.55. The quantitative estimate of drug-likeness (QED) is 0.739. The highest BCUT2D eigenvalue weighted by Crippen LogP contribution is 2.18. The van der Waals surface area contributed by atoms with Crippen LogP contribution in [-0.4, -0.2) is 15.8 Å². The molecule has 0 saturated carbocycles. The van der Waals surface area contributed by atoms with E-state index in [1.165, 1.54) is 0 Å². The predicted octanol–water partition coefficient (Wildman–Crippen LogP) is 2.58. The summed E-state index contributed by atoms with van der Waals surface area (Å²) in [7, 11) is 2.02. The van der Waals surface area contributed by atoms with Crippen LogP contribution in [0.1, 0.15) is 30.0 Å². The Kier molecular flexibility index (Phi) is 2.77. The van der Waals surface area contributed by atoms with Gasteiger partial charge in [-0.2, -0.15) is 0 Å². The molecule has 3 heteroatoms. The first-order valence-corrected chi connectivity index (χ1v) is 5.52. The monoisotopic (exact) mass is 216 g/mol. The molecule has 0 aliphatic carbocycles. The number of benzene rings is 1. The summed E-state index contributed by atoms with van der Waals surface area (Å²) in [4.78, 5) is 15.3. The van der Waals surface area contributed by atoms with Gasteiger partial charge in [0.15, 0.2) is 0 Å². The van der Waals surface area contributed by atoms with Gasteiger partial charge in [0.1, 0.15) is 12.1 Å². The van der Waals surface area contributed by atoms with Gasteiger partial charge in [-0.15, -0.1) is 0 Å². The van der Waals surface area contributed by atoms with E-state index in [4.69, 9.17) is 0 Å². The van der Waals surface area contributed by atoms with E-state index in [2.05, 4.69) is 23.4 Å². The minimum absolute atomic E-state index is 0.584. The maximum Gasteiger partial charge on any atom is 0.150 e. The molecule has 16 heavy (non-hydrogen) atoms. The van der Waals surface area contributed by atoms with Crippen LogP contribution in [0.3, 0.4) is 0 Å². The lowest BCUT2D eigenvalue weighted by atomic mass is 10.1. The van der Waals surface area contributed by atoms with Crippen molar-refractivity contribution in [1.29, 1.82) is 0 Å². The lowest BCUT2D eigenvalue weighted by molar-refractivity contribution is 0.112. The molecule has 0 unspecified atom stereocenters. The molecule has 0 spiro atoms. The van der Waals surface area contributed by atoms with Crippen LogP contribution in [0, 0.1) is 5.92 Å². The molecule has 0 aliphatic heterocycles. The standard InChI is InChI=1S/C13H16N2O/c1-9(2)6-13-14-11-7-10(8-16)4-5-12(11)15(13)3/h4-5,7-9H,6H2,1-3H3. The van der Waals surface area contributed by atoms with Crippen LogP contribution in [0.4, 0.5) is 0 Å². The van der Waals surface area contributed by atoms with Gasteiger partial charge in [-0.05, 0) is 24.1 Å². The summed E-state index contributed by atoms with van der Waals surface area (Å²) in [6, 6.07) is 5.62. The summed E-state index contributed by atoms with van der Waals surface area (Å²) < 4.78 is 2.10. The highest BCUT2D eigenvalue weighted by Gasteiger charge is 2.09. The van der Waals surface area contributed by atoms with Crippen molar-refractivity contribution in [1.82, 2.24) is 9.55 Å². The van der Waals surface area contributed by atoms with Gasteiger partial charge in [-0.25, -0.2) is 4.98 Å². The number of hydrogen-bond donors (Lipinski definition) is 0. The summed E-state index contributed by atoms with van der Waals surface area (Å²) in [6.07, 6.45) is 1.82. The van der Waals surface area contributed by atoms with Crippen LogP contribution in [0.25, 0.3) is 11.0 Å². The van der Waals surface area contributed by atoms with Crippen LogP contribution in [0.2, 0.25) is 0 Å². The zero-order valence-electron chi connectivity index (χ0n) is 9.90. The van der Waals surface area contributed by atoms with E-state index < -0.39 is 0 Å². The van der Waals surface area contributed by atoms with Crippen LogP contribution < -0.4 is 0 Å². The number of aldehydes is 1. The fraction of sp³-hybridized carbons (Fsp3) is 0.385. The summed E-state index contributed by atoms with van der Waals surface area (Å²) >= 11 is 0. The SMILES string of the molecule is CC(C)Cc1nc2cc(C=O)ccc2n1C. The normalized spacial score (nSPS) is 11.2. The average Bonchev–Trinajstić information content (AvgIpc) is 2.54. The smallest absolute Gasteiger partial charge is 0.150 e. The molecule has 1 heterocycles. The van der Waals surface area contributed by atoms with Gasteiger partial charge >= 0.3 is 0 Å².